The fourth-order valence-electron chi connectivity index (χ4n) is 4.69. The van der Waals surface area contributed by atoms with Crippen molar-refractivity contribution >= 4 is 0 Å². The van der Waals surface area contributed by atoms with E-state index in [2.05, 4.69) is 93.6 Å². The SMILES string of the molecule is Cc1cc(C)c(-c2cc(-c3[c]ccc(Oc4ccccc4)c3)ccc2-c2ccccc2)c(C)c1. The molecule has 5 rings (SSSR count). The normalized spacial score (nSPS) is 10.8. The molecule has 0 aliphatic heterocycles. The van der Waals surface area contributed by atoms with Crippen LogP contribution in [-0.4, -0.2) is 0 Å². The molecule has 1 heteroatoms. The fraction of sp³-hybridized carbons (Fsp3) is 0.0909. The van der Waals surface area contributed by atoms with Crippen molar-refractivity contribution in [3.63, 3.8) is 0 Å². The molecule has 34 heavy (non-hydrogen) atoms. The Hall–Kier alpha value is -4.10. The van der Waals surface area contributed by atoms with Gasteiger partial charge in [0.1, 0.15) is 11.5 Å². The Morgan fingerprint density at radius 3 is 1.94 bits per heavy atom. The predicted octanol–water partition coefficient (Wildman–Crippen LogP) is 9.21. The third-order valence-corrected chi connectivity index (χ3v) is 6.11. The first-order valence-electron chi connectivity index (χ1n) is 11.6. The number of hydrogen-bond donors (Lipinski definition) is 0. The summed E-state index contributed by atoms with van der Waals surface area (Å²) in [6.07, 6.45) is 0. The minimum absolute atomic E-state index is 0.802. The highest BCUT2D eigenvalue weighted by Crippen LogP contribution is 2.39. The van der Waals surface area contributed by atoms with E-state index in [1.54, 1.807) is 0 Å². The Balaban J connectivity index is 1.64. The molecular weight excluding hydrogens is 412 g/mol. The van der Waals surface area contributed by atoms with Crippen LogP contribution in [0.5, 0.6) is 11.5 Å². The van der Waals surface area contributed by atoms with E-state index in [0.29, 0.717) is 0 Å². The molecule has 165 valence electrons. The molecule has 0 aliphatic rings. The second-order valence-corrected chi connectivity index (χ2v) is 8.75. The van der Waals surface area contributed by atoms with Crippen molar-refractivity contribution in [1.29, 1.82) is 0 Å². The molecule has 0 heterocycles. The van der Waals surface area contributed by atoms with Crippen molar-refractivity contribution in [2.24, 2.45) is 0 Å². The Bertz CT molecular complexity index is 1410. The summed E-state index contributed by atoms with van der Waals surface area (Å²) >= 11 is 0. The molecule has 0 saturated carbocycles. The summed E-state index contributed by atoms with van der Waals surface area (Å²) in [4.78, 5) is 0. The Morgan fingerprint density at radius 1 is 0.559 bits per heavy atom. The maximum absolute atomic E-state index is 6.08. The van der Waals surface area contributed by atoms with Crippen LogP contribution in [0.25, 0.3) is 33.4 Å². The zero-order valence-corrected chi connectivity index (χ0v) is 19.8. The average Bonchev–Trinajstić information content (AvgIpc) is 2.85. The van der Waals surface area contributed by atoms with Gasteiger partial charge >= 0.3 is 0 Å². The van der Waals surface area contributed by atoms with Gasteiger partial charge in [0.25, 0.3) is 0 Å². The summed E-state index contributed by atoms with van der Waals surface area (Å²) in [5.41, 5.74) is 11.0. The molecule has 0 atom stereocenters. The van der Waals surface area contributed by atoms with E-state index >= 15 is 0 Å². The lowest BCUT2D eigenvalue weighted by atomic mass is 9.86. The maximum Gasteiger partial charge on any atom is 0.128 e. The average molecular weight is 440 g/mol. The van der Waals surface area contributed by atoms with Gasteiger partial charge in [-0.25, -0.2) is 0 Å². The van der Waals surface area contributed by atoms with Crippen LogP contribution in [0.1, 0.15) is 16.7 Å². The highest BCUT2D eigenvalue weighted by atomic mass is 16.5. The van der Waals surface area contributed by atoms with E-state index in [0.717, 1.165) is 22.6 Å². The van der Waals surface area contributed by atoms with Crippen molar-refractivity contribution in [2.45, 2.75) is 20.8 Å². The Morgan fingerprint density at radius 2 is 1.24 bits per heavy atom. The second kappa shape index (κ2) is 9.41. The monoisotopic (exact) mass is 439 g/mol. The molecule has 0 aliphatic carbocycles. The van der Waals surface area contributed by atoms with Gasteiger partial charge in [0.2, 0.25) is 0 Å². The number of ether oxygens (including phenoxy) is 1. The molecule has 0 saturated heterocycles. The summed E-state index contributed by atoms with van der Waals surface area (Å²) in [5, 5.41) is 0. The van der Waals surface area contributed by atoms with Crippen molar-refractivity contribution in [2.75, 3.05) is 0 Å². The van der Waals surface area contributed by atoms with Crippen LogP contribution in [0.3, 0.4) is 0 Å². The van der Waals surface area contributed by atoms with Crippen LogP contribution in [0.15, 0.2) is 109 Å². The van der Waals surface area contributed by atoms with Crippen LogP contribution in [-0.2, 0) is 0 Å². The summed E-state index contributed by atoms with van der Waals surface area (Å²) in [6, 6.07) is 41.1. The minimum atomic E-state index is 0.802. The zero-order chi connectivity index (χ0) is 23.5. The smallest absolute Gasteiger partial charge is 0.128 e. The molecule has 0 amide bonds. The maximum atomic E-state index is 6.08. The number of hydrogen-bond acceptors (Lipinski definition) is 1. The molecule has 5 aromatic carbocycles. The molecule has 0 bridgehead atoms. The van der Waals surface area contributed by atoms with Crippen molar-refractivity contribution in [3.8, 4) is 44.9 Å². The molecule has 0 unspecified atom stereocenters. The summed E-state index contributed by atoms with van der Waals surface area (Å²) in [7, 11) is 0. The van der Waals surface area contributed by atoms with Gasteiger partial charge in [0, 0.05) is 0 Å². The van der Waals surface area contributed by atoms with Gasteiger partial charge in [-0.3, -0.25) is 0 Å². The lowest BCUT2D eigenvalue weighted by Gasteiger charge is -2.18. The molecule has 0 fully saturated rings. The summed E-state index contributed by atoms with van der Waals surface area (Å²) in [5.74, 6) is 1.63. The fourth-order valence-corrected chi connectivity index (χ4v) is 4.69. The topological polar surface area (TPSA) is 9.23 Å². The predicted molar refractivity (Wildman–Crippen MR) is 142 cm³/mol. The molecule has 1 nitrogen and oxygen atoms in total. The molecule has 5 aromatic rings. The molecule has 1 radical (unpaired) electrons. The van der Waals surface area contributed by atoms with Crippen LogP contribution in [0, 0.1) is 26.8 Å². The van der Waals surface area contributed by atoms with Gasteiger partial charge in [-0.2, -0.15) is 0 Å². The van der Waals surface area contributed by atoms with Crippen LogP contribution in [0.4, 0.5) is 0 Å². The van der Waals surface area contributed by atoms with E-state index in [1.807, 2.05) is 42.5 Å². The van der Waals surface area contributed by atoms with Gasteiger partial charge in [0.15, 0.2) is 0 Å². The lowest BCUT2D eigenvalue weighted by molar-refractivity contribution is 0.483. The molecule has 0 N–H and O–H groups in total. The van der Waals surface area contributed by atoms with E-state index in [9.17, 15) is 0 Å². The lowest BCUT2D eigenvalue weighted by Crippen LogP contribution is -1.94. The third-order valence-electron chi connectivity index (χ3n) is 6.11. The summed E-state index contributed by atoms with van der Waals surface area (Å²) < 4.78 is 6.08. The van der Waals surface area contributed by atoms with E-state index in [1.165, 1.54) is 38.9 Å². The van der Waals surface area contributed by atoms with Gasteiger partial charge in [0.05, 0.1) is 0 Å². The van der Waals surface area contributed by atoms with E-state index in [-0.39, 0.29) is 0 Å². The number of para-hydroxylation sites is 1. The zero-order valence-electron chi connectivity index (χ0n) is 19.8. The molecule has 0 spiro atoms. The van der Waals surface area contributed by atoms with E-state index in [4.69, 9.17) is 4.74 Å². The Labute approximate surface area is 202 Å². The highest BCUT2D eigenvalue weighted by molar-refractivity contribution is 5.89. The van der Waals surface area contributed by atoms with Gasteiger partial charge in [-0.05, 0) is 102 Å². The van der Waals surface area contributed by atoms with Crippen molar-refractivity contribution in [3.05, 3.63) is 132 Å². The molecule has 0 aromatic heterocycles. The highest BCUT2D eigenvalue weighted by Gasteiger charge is 2.14. The van der Waals surface area contributed by atoms with Gasteiger partial charge in [-0.15, -0.1) is 0 Å². The van der Waals surface area contributed by atoms with Crippen molar-refractivity contribution in [1.82, 2.24) is 0 Å². The van der Waals surface area contributed by atoms with E-state index < -0.39 is 0 Å². The number of benzene rings is 5. The number of rotatable bonds is 5. The first-order valence-corrected chi connectivity index (χ1v) is 11.6. The quantitative estimate of drug-likeness (QED) is 0.265. The van der Waals surface area contributed by atoms with Crippen molar-refractivity contribution < 1.29 is 4.74 Å². The molecular formula is C33H27O. The van der Waals surface area contributed by atoms with Crippen LogP contribution < -0.4 is 4.74 Å². The third kappa shape index (κ3) is 4.51. The largest absolute Gasteiger partial charge is 0.457 e. The minimum Gasteiger partial charge on any atom is -0.457 e. The Kier molecular flexibility index (Phi) is 6.01. The first kappa shape index (κ1) is 21.7. The van der Waals surface area contributed by atoms with Crippen LogP contribution in [0.2, 0.25) is 0 Å². The first-order chi connectivity index (χ1) is 16.6. The standard InChI is InChI=1S/C33H27O/c1-23-19-24(2)33(25(3)20-23)32-22-28(17-18-31(32)26-11-6-4-7-12-26)27-13-10-16-30(21-27)34-29-14-8-5-9-15-29/h4-12,14-22H,1-3H3. The summed E-state index contributed by atoms with van der Waals surface area (Å²) in [6.45, 7) is 6.57. The van der Waals surface area contributed by atoms with Crippen LogP contribution >= 0.6 is 0 Å². The van der Waals surface area contributed by atoms with Gasteiger partial charge < -0.3 is 4.74 Å². The van der Waals surface area contributed by atoms with Gasteiger partial charge in [-0.1, -0.05) is 84.4 Å². The number of aryl methyl sites for hydroxylation is 3. The second-order valence-electron chi connectivity index (χ2n) is 8.75.